The number of amides is 1. The first-order valence-corrected chi connectivity index (χ1v) is 6.21. The van der Waals surface area contributed by atoms with E-state index in [0.717, 1.165) is 11.1 Å². The van der Waals surface area contributed by atoms with Crippen LogP contribution in [-0.4, -0.2) is 18.7 Å². The Morgan fingerprint density at radius 2 is 2.20 bits per heavy atom. The molecule has 0 saturated carbocycles. The number of hydrogen-bond acceptors (Lipinski definition) is 4. The predicted octanol–water partition coefficient (Wildman–Crippen LogP) is 2.43. The van der Waals surface area contributed by atoms with E-state index >= 15 is 0 Å². The van der Waals surface area contributed by atoms with E-state index in [-0.39, 0.29) is 12.5 Å². The minimum Gasteiger partial charge on any atom is -0.483 e. The molecule has 0 unspecified atom stereocenters. The quantitative estimate of drug-likeness (QED) is 0.671. The predicted molar refractivity (Wildman–Crippen MR) is 75.9 cm³/mol. The highest BCUT2D eigenvalue weighted by Gasteiger charge is 2.05. The number of nitrogens with one attached hydrogen (secondary N) is 1. The van der Waals surface area contributed by atoms with Crippen LogP contribution in [0.15, 0.2) is 46.1 Å². The second kappa shape index (κ2) is 6.56. The van der Waals surface area contributed by atoms with Crippen molar-refractivity contribution < 1.29 is 13.9 Å². The highest BCUT2D eigenvalue weighted by molar-refractivity contribution is 5.81. The van der Waals surface area contributed by atoms with E-state index in [1.807, 2.05) is 32.0 Å². The Balaban J connectivity index is 1.82. The number of rotatable bonds is 5. The third-order valence-electron chi connectivity index (χ3n) is 2.84. The molecule has 1 heterocycles. The number of hydrazone groups is 1. The van der Waals surface area contributed by atoms with E-state index in [9.17, 15) is 4.79 Å². The van der Waals surface area contributed by atoms with Crippen LogP contribution in [0.5, 0.6) is 5.75 Å². The summed E-state index contributed by atoms with van der Waals surface area (Å²) in [7, 11) is 0. The van der Waals surface area contributed by atoms with Gasteiger partial charge in [0.25, 0.3) is 5.91 Å². The van der Waals surface area contributed by atoms with Crippen molar-refractivity contribution in [2.75, 3.05) is 6.61 Å². The van der Waals surface area contributed by atoms with Crippen LogP contribution >= 0.6 is 0 Å². The van der Waals surface area contributed by atoms with E-state index in [1.165, 1.54) is 12.5 Å². The summed E-state index contributed by atoms with van der Waals surface area (Å²) in [5.74, 6) is 0.949. The molecule has 5 heteroatoms. The van der Waals surface area contributed by atoms with Crippen molar-refractivity contribution in [3.63, 3.8) is 0 Å². The first-order chi connectivity index (χ1) is 9.66. The molecule has 0 atom stereocenters. The zero-order chi connectivity index (χ0) is 14.4. The fourth-order valence-corrected chi connectivity index (χ4v) is 1.59. The van der Waals surface area contributed by atoms with Crippen molar-refractivity contribution in [3.05, 3.63) is 53.5 Å². The van der Waals surface area contributed by atoms with Crippen molar-refractivity contribution in [2.45, 2.75) is 13.8 Å². The van der Waals surface area contributed by atoms with Crippen molar-refractivity contribution in [1.29, 1.82) is 0 Å². The van der Waals surface area contributed by atoms with Crippen molar-refractivity contribution in [3.8, 4) is 5.75 Å². The molecular weight excluding hydrogens is 256 g/mol. The van der Waals surface area contributed by atoms with Crippen LogP contribution in [0, 0.1) is 13.8 Å². The zero-order valence-corrected chi connectivity index (χ0v) is 11.4. The normalized spacial score (nSPS) is 10.7. The summed E-state index contributed by atoms with van der Waals surface area (Å²) >= 11 is 0. The molecule has 0 aliphatic carbocycles. The molecule has 1 aromatic carbocycles. The van der Waals surface area contributed by atoms with Gasteiger partial charge in [0.15, 0.2) is 6.61 Å². The minimum atomic E-state index is -0.325. The molecule has 1 aromatic heterocycles. The molecule has 20 heavy (non-hydrogen) atoms. The Kier molecular flexibility index (Phi) is 4.55. The molecule has 0 spiro atoms. The van der Waals surface area contributed by atoms with Crippen LogP contribution in [0.1, 0.15) is 16.9 Å². The first-order valence-electron chi connectivity index (χ1n) is 6.21. The smallest absolute Gasteiger partial charge is 0.277 e. The molecular formula is C15H16N2O3. The number of carbonyl (C=O) groups is 1. The van der Waals surface area contributed by atoms with Gasteiger partial charge in [0.2, 0.25) is 0 Å². The lowest BCUT2D eigenvalue weighted by atomic mass is 10.1. The van der Waals surface area contributed by atoms with Crippen LogP contribution in [0.25, 0.3) is 0 Å². The summed E-state index contributed by atoms with van der Waals surface area (Å²) in [5.41, 5.74) is 4.52. The van der Waals surface area contributed by atoms with Gasteiger partial charge in [0, 0.05) is 0 Å². The number of benzene rings is 1. The summed E-state index contributed by atoms with van der Waals surface area (Å²) in [6, 6.07) is 9.21. The molecule has 5 nitrogen and oxygen atoms in total. The molecule has 0 aliphatic heterocycles. The van der Waals surface area contributed by atoms with Gasteiger partial charge in [-0.2, -0.15) is 5.10 Å². The van der Waals surface area contributed by atoms with Gasteiger partial charge in [-0.05, 0) is 43.2 Å². The monoisotopic (exact) mass is 272 g/mol. The maximum Gasteiger partial charge on any atom is 0.277 e. The Hall–Kier alpha value is -2.56. The number of carbonyl (C=O) groups excluding carboxylic acids is 1. The average Bonchev–Trinajstić information content (AvgIpc) is 2.94. The molecule has 0 fully saturated rings. The Morgan fingerprint density at radius 3 is 2.95 bits per heavy atom. The van der Waals surface area contributed by atoms with Crippen LogP contribution in [0.4, 0.5) is 0 Å². The average molecular weight is 272 g/mol. The maximum atomic E-state index is 11.6. The number of ether oxygens (including phenoxy) is 1. The van der Waals surface area contributed by atoms with Crippen LogP contribution < -0.4 is 10.2 Å². The fraction of sp³-hybridized carbons (Fsp3) is 0.200. The Labute approximate surface area is 117 Å². The summed E-state index contributed by atoms with van der Waals surface area (Å²) in [4.78, 5) is 11.6. The lowest BCUT2D eigenvalue weighted by Gasteiger charge is -2.09. The number of furan rings is 1. The number of nitrogens with zero attached hydrogens (tertiary/aromatic N) is 1. The highest BCUT2D eigenvalue weighted by Crippen LogP contribution is 2.20. The van der Waals surface area contributed by atoms with Crippen LogP contribution in [0.3, 0.4) is 0 Å². The molecule has 2 aromatic rings. The van der Waals surface area contributed by atoms with Gasteiger partial charge in [-0.3, -0.25) is 4.79 Å². The van der Waals surface area contributed by atoms with Gasteiger partial charge >= 0.3 is 0 Å². The van der Waals surface area contributed by atoms with E-state index in [1.54, 1.807) is 12.1 Å². The second-order valence-electron chi connectivity index (χ2n) is 4.30. The largest absolute Gasteiger partial charge is 0.483 e. The fourth-order valence-electron chi connectivity index (χ4n) is 1.59. The topological polar surface area (TPSA) is 63.8 Å². The third-order valence-corrected chi connectivity index (χ3v) is 2.84. The molecule has 0 saturated heterocycles. The third kappa shape index (κ3) is 3.71. The van der Waals surface area contributed by atoms with Gasteiger partial charge in [0.1, 0.15) is 11.5 Å². The van der Waals surface area contributed by atoms with Gasteiger partial charge in [-0.1, -0.05) is 12.1 Å². The van der Waals surface area contributed by atoms with E-state index in [2.05, 4.69) is 10.5 Å². The summed E-state index contributed by atoms with van der Waals surface area (Å²) < 4.78 is 10.5. The van der Waals surface area contributed by atoms with Gasteiger partial charge in [0.05, 0.1) is 12.5 Å². The van der Waals surface area contributed by atoms with Crippen molar-refractivity contribution >= 4 is 12.1 Å². The van der Waals surface area contributed by atoms with Gasteiger partial charge in [-0.25, -0.2) is 5.43 Å². The zero-order valence-electron chi connectivity index (χ0n) is 11.4. The molecule has 1 amide bonds. The number of hydrogen-bond donors (Lipinski definition) is 1. The lowest BCUT2D eigenvalue weighted by Crippen LogP contribution is -2.24. The summed E-state index contributed by atoms with van der Waals surface area (Å²) in [6.45, 7) is 3.87. The second-order valence-corrected chi connectivity index (χ2v) is 4.30. The van der Waals surface area contributed by atoms with Crippen molar-refractivity contribution in [2.24, 2.45) is 5.10 Å². The molecule has 0 bridgehead atoms. The molecule has 2 rings (SSSR count). The standard InChI is InChI=1S/C15H16N2O3/c1-11-5-3-7-14(12(11)2)20-10-15(18)17-16-9-13-6-4-8-19-13/h3-9H,10H2,1-2H3,(H,17,18)/b16-9-. The van der Waals surface area contributed by atoms with Gasteiger partial charge < -0.3 is 9.15 Å². The van der Waals surface area contributed by atoms with Gasteiger partial charge in [-0.15, -0.1) is 0 Å². The van der Waals surface area contributed by atoms with E-state index < -0.39 is 0 Å². The minimum absolute atomic E-state index is 0.0835. The van der Waals surface area contributed by atoms with E-state index in [0.29, 0.717) is 11.5 Å². The van der Waals surface area contributed by atoms with E-state index in [4.69, 9.17) is 9.15 Å². The molecule has 0 radical (unpaired) electrons. The lowest BCUT2D eigenvalue weighted by molar-refractivity contribution is -0.123. The van der Waals surface area contributed by atoms with Crippen LogP contribution in [-0.2, 0) is 4.79 Å². The Morgan fingerprint density at radius 1 is 1.35 bits per heavy atom. The maximum absolute atomic E-state index is 11.6. The molecule has 1 N–H and O–H groups in total. The summed E-state index contributed by atoms with van der Waals surface area (Å²) in [5, 5.41) is 3.77. The molecule has 0 aliphatic rings. The van der Waals surface area contributed by atoms with Crippen molar-refractivity contribution in [1.82, 2.24) is 5.43 Å². The van der Waals surface area contributed by atoms with Crippen LogP contribution in [0.2, 0.25) is 0 Å². The Bertz CT molecular complexity index is 604. The molecule has 104 valence electrons. The SMILES string of the molecule is Cc1cccc(OCC(=O)N/N=C\c2ccco2)c1C. The first kappa shape index (κ1) is 13.9. The summed E-state index contributed by atoms with van der Waals surface area (Å²) in [6.07, 6.45) is 2.96. The number of aryl methyl sites for hydroxylation is 1. The highest BCUT2D eigenvalue weighted by atomic mass is 16.5.